The van der Waals surface area contributed by atoms with Crippen LogP contribution in [-0.2, 0) is 6.42 Å². The minimum absolute atomic E-state index is 0.768. The van der Waals surface area contributed by atoms with E-state index in [-0.39, 0.29) is 0 Å². The maximum atomic E-state index is 10.5. The van der Waals surface area contributed by atoms with Crippen molar-refractivity contribution in [1.82, 2.24) is 0 Å². The molecule has 1 heteroatoms. The van der Waals surface area contributed by atoms with Crippen molar-refractivity contribution in [2.24, 2.45) is 5.92 Å². The van der Waals surface area contributed by atoms with Gasteiger partial charge in [0.2, 0.25) is 0 Å². The number of benzene rings is 1. The summed E-state index contributed by atoms with van der Waals surface area (Å²) >= 11 is 0. The third-order valence-electron chi connectivity index (χ3n) is 2.33. The van der Waals surface area contributed by atoms with Gasteiger partial charge < -0.3 is 0 Å². The number of carbonyl (C=O) groups excluding carboxylic acids is 1. The molecule has 0 bridgehead atoms. The average molecular weight is 190 g/mol. The van der Waals surface area contributed by atoms with Crippen LogP contribution in [0.25, 0.3) is 0 Å². The summed E-state index contributed by atoms with van der Waals surface area (Å²) in [5, 5.41) is 0. The highest BCUT2D eigenvalue weighted by molar-refractivity contribution is 5.74. The monoisotopic (exact) mass is 190 g/mol. The molecule has 0 saturated carbocycles. The van der Waals surface area contributed by atoms with Crippen LogP contribution in [0.4, 0.5) is 0 Å². The largest absolute Gasteiger partial charge is 0.298 e. The first-order valence-electron chi connectivity index (χ1n) is 5.26. The molecule has 0 aromatic heterocycles. The van der Waals surface area contributed by atoms with E-state index in [1.807, 2.05) is 18.2 Å². The summed E-state index contributed by atoms with van der Waals surface area (Å²) in [6.07, 6.45) is 4.46. The zero-order chi connectivity index (χ0) is 10.4. The van der Waals surface area contributed by atoms with Crippen LogP contribution in [0.5, 0.6) is 0 Å². The highest BCUT2D eigenvalue weighted by Gasteiger charge is 1.97. The highest BCUT2D eigenvalue weighted by Crippen LogP contribution is 2.10. The predicted octanol–water partition coefficient (Wildman–Crippen LogP) is 3.48. The molecule has 0 heterocycles. The minimum atomic E-state index is 0.768. The van der Waals surface area contributed by atoms with Gasteiger partial charge in [-0.05, 0) is 30.4 Å². The molecular formula is C13H18O. The second-order valence-corrected chi connectivity index (χ2v) is 4.15. The summed E-state index contributed by atoms with van der Waals surface area (Å²) in [6, 6.07) is 7.87. The molecule has 0 radical (unpaired) electrons. The maximum absolute atomic E-state index is 10.5. The molecule has 0 aliphatic carbocycles. The normalized spacial score (nSPS) is 10.5. The molecule has 0 aliphatic rings. The van der Waals surface area contributed by atoms with E-state index >= 15 is 0 Å². The fourth-order valence-corrected chi connectivity index (χ4v) is 1.54. The number of aldehydes is 1. The van der Waals surface area contributed by atoms with E-state index in [9.17, 15) is 4.79 Å². The van der Waals surface area contributed by atoms with Gasteiger partial charge in [-0.1, -0.05) is 38.5 Å². The Labute approximate surface area is 86.1 Å². The summed E-state index contributed by atoms with van der Waals surface area (Å²) < 4.78 is 0. The second-order valence-electron chi connectivity index (χ2n) is 4.15. The SMILES string of the molecule is CC(C)CCCc1cccc(C=O)c1. The molecule has 1 rings (SSSR count). The van der Waals surface area contributed by atoms with Gasteiger partial charge in [0.25, 0.3) is 0 Å². The first kappa shape index (κ1) is 11.0. The van der Waals surface area contributed by atoms with E-state index in [4.69, 9.17) is 0 Å². The van der Waals surface area contributed by atoms with Crippen molar-refractivity contribution in [2.45, 2.75) is 33.1 Å². The van der Waals surface area contributed by atoms with Gasteiger partial charge in [-0.25, -0.2) is 0 Å². The number of rotatable bonds is 5. The van der Waals surface area contributed by atoms with Gasteiger partial charge in [0, 0.05) is 5.56 Å². The zero-order valence-electron chi connectivity index (χ0n) is 8.99. The van der Waals surface area contributed by atoms with E-state index in [0.29, 0.717) is 0 Å². The Hall–Kier alpha value is -1.11. The Kier molecular flexibility index (Phi) is 4.37. The average Bonchev–Trinajstić information content (AvgIpc) is 2.18. The summed E-state index contributed by atoms with van der Waals surface area (Å²) in [5.74, 6) is 0.768. The van der Waals surface area contributed by atoms with Crippen LogP contribution < -0.4 is 0 Å². The zero-order valence-corrected chi connectivity index (χ0v) is 8.99. The standard InChI is InChI=1S/C13H18O/c1-11(2)5-3-6-12-7-4-8-13(9-12)10-14/h4,7-11H,3,5-6H2,1-2H3. The van der Waals surface area contributed by atoms with Crippen molar-refractivity contribution in [3.63, 3.8) is 0 Å². The van der Waals surface area contributed by atoms with Gasteiger partial charge in [0.15, 0.2) is 0 Å². The lowest BCUT2D eigenvalue weighted by Crippen LogP contribution is -1.91. The van der Waals surface area contributed by atoms with Crippen molar-refractivity contribution in [1.29, 1.82) is 0 Å². The highest BCUT2D eigenvalue weighted by atomic mass is 16.1. The van der Waals surface area contributed by atoms with Crippen molar-refractivity contribution < 1.29 is 4.79 Å². The van der Waals surface area contributed by atoms with Crippen molar-refractivity contribution in [3.8, 4) is 0 Å². The quantitative estimate of drug-likeness (QED) is 0.650. The van der Waals surface area contributed by atoms with E-state index in [0.717, 1.165) is 24.2 Å². The van der Waals surface area contributed by atoms with Crippen LogP contribution in [0.2, 0.25) is 0 Å². The molecule has 1 nitrogen and oxygen atoms in total. The minimum Gasteiger partial charge on any atom is -0.298 e. The molecule has 0 saturated heterocycles. The van der Waals surface area contributed by atoms with Crippen molar-refractivity contribution >= 4 is 6.29 Å². The Morgan fingerprint density at radius 1 is 1.36 bits per heavy atom. The number of aryl methyl sites for hydroxylation is 1. The Morgan fingerprint density at radius 2 is 2.14 bits per heavy atom. The van der Waals surface area contributed by atoms with Crippen LogP contribution >= 0.6 is 0 Å². The molecule has 0 fully saturated rings. The van der Waals surface area contributed by atoms with Gasteiger partial charge in [-0.3, -0.25) is 4.79 Å². The van der Waals surface area contributed by atoms with E-state index in [2.05, 4.69) is 19.9 Å². The molecular weight excluding hydrogens is 172 g/mol. The van der Waals surface area contributed by atoms with Crippen LogP contribution in [0.15, 0.2) is 24.3 Å². The molecule has 0 N–H and O–H groups in total. The molecule has 0 atom stereocenters. The fraction of sp³-hybridized carbons (Fsp3) is 0.462. The molecule has 1 aromatic carbocycles. The molecule has 76 valence electrons. The second kappa shape index (κ2) is 5.58. The molecule has 0 amide bonds. The summed E-state index contributed by atoms with van der Waals surface area (Å²) in [6.45, 7) is 4.48. The first-order valence-corrected chi connectivity index (χ1v) is 5.26. The Balaban J connectivity index is 2.46. The van der Waals surface area contributed by atoms with E-state index in [1.54, 1.807) is 0 Å². The van der Waals surface area contributed by atoms with Gasteiger partial charge in [-0.2, -0.15) is 0 Å². The van der Waals surface area contributed by atoms with Crippen LogP contribution in [0, 0.1) is 5.92 Å². The van der Waals surface area contributed by atoms with Gasteiger partial charge >= 0.3 is 0 Å². The van der Waals surface area contributed by atoms with Crippen LogP contribution in [-0.4, -0.2) is 6.29 Å². The number of hydrogen-bond donors (Lipinski definition) is 0. The van der Waals surface area contributed by atoms with Crippen LogP contribution in [0.3, 0.4) is 0 Å². The molecule has 0 unspecified atom stereocenters. The third-order valence-corrected chi connectivity index (χ3v) is 2.33. The predicted molar refractivity (Wildman–Crippen MR) is 59.6 cm³/mol. The van der Waals surface area contributed by atoms with Gasteiger partial charge in [-0.15, -0.1) is 0 Å². The fourth-order valence-electron chi connectivity index (χ4n) is 1.54. The number of carbonyl (C=O) groups is 1. The van der Waals surface area contributed by atoms with Gasteiger partial charge in [0.1, 0.15) is 6.29 Å². The summed E-state index contributed by atoms with van der Waals surface area (Å²) in [5.41, 5.74) is 2.06. The van der Waals surface area contributed by atoms with Gasteiger partial charge in [0.05, 0.1) is 0 Å². The summed E-state index contributed by atoms with van der Waals surface area (Å²) in [7, 11) is 0. The van der Waals surface area contributed by atoms with Crippen molar-refractivity contribution in [3.05, 3.63) is 35.4 Å². The Bertz CT molecular complexity index is 289. The topological polar surface area (TPSA) is 17.1 Å². The molecule has 14 heavy (non-hydrogen) atoms. The van der Waals surface area contributed by atoms with E-state index < -0.39 is 0 Å². The lowest BCUT2D eigenvalue weighted by Gasteiger charge is -2.04. The first-order chi connectivity index (χ1) is 6.72. The number of hydrogen-bond acceptors (Lipinski definition) is 1. The van der Waals surface area contributed by atoms with E-state index in [1.165, 1.54) is 18.4 Å². The smallest absolute Gasteiger partial charge is 0.150 e. The lowest BCUT2D eigenvalue weighted by atomic mass is 10.0. The van der Waals surface area contributed by atoms with Crippen molar-refractivity contribution in [2.75, 3.05) is 0 Å². The third kappa shape index (κ3) is 3.73. The molecule has 1 aromatic rings. The van der Waals surface area contributed by atoms with Crippen LogP contribution in [0.1, 0.15) is 42.6 Å². The molecule has 0 spiro atoms. The summed E-state index contributed by atoms with van der Waals surface area (Å²) in [4.78, 5) is 10.5. The lowest BCUT2D eigenvalue weighted by molar-refractivity contribution is 0.112. The molecule has 0 aliphatic heterocycles. The Morgan fingerprint density at radius 3 is 2.79 bits per heavy atom. The maximum Gasteiger partial charge on any atom is 0.150 e.